The van der Waals surface area contributed by atoms with Gasteiger partial charge in [0.2, 0.25) is 0 Å². The van der Waals surface area contributed by atoms with Crippen molar-refractivity contribution in [3.63, 3.8) is 0 Å². The summed E-state index contributed by atoms with van der Waals surface area (Å²) >= 11 is 1.50. The topological polar surface area (TPSA) is 45.7 Å². The van der Waals surface area contributed by atoms with Crippen LogP contribution < -0.4 is 4.90 Å². The zero-order valence-electron chi connectivity index (χ0n) is 10.3. The number of nitrogens with zero attached hydrogens (tertiary/aromatic N) is 3. The van der Waals surface area contributed by atoms with E-state index in [0.29, 0.717) is 11.7 Å². The van der Waals surface area contributed by atoms with Crippen molar-refractivity contribution in [1.82, 2.24) is 9.88 Å². The van der Waals surface area contributed by atoms with Crippen molar-refractivity contribution in [3.05, 3.63) is 11.1 Å². The number of carbonyl (C=O) groups is 1. The summed E-state index contributed by atoms with van der Waals surface area (Å²) in [6.45, 7) is 5.12. The van der Waals surface area contributed by atoms with E-state index in [4.69, 9.17) is 0 Å². The quantitative estimate of drug-likeness (QED) is 0.740. The molecule has 2 rings (SSSR count). The molecule has 0 spiro atoms. The van der Waals surface area contributed by atoms with Crippen molar-refractivity contribution in [2.75, 3.05) is 38.7 Å². The second-order valence-corrected chi connectivity index (χ2v) is 5.12. The first-order valence-electron chi connectivity index (χ1n) is 5.61. The van der Waals surface area contributed by atoms with Gasteiger partial charge >= 0.3 is 5.97 Å². The van der Waals surface area contributed by atoms with Gasteiger partial charge in [0.25, 0.3) is 0 Å². The second kappa shape index (κ2) is 5.01. The van der Waals surface area contributed by atoms with Crippen LogP contribution >= 0.6 is 11.3 Å². The molecular weight excluding hydrogens is 238 g/mol. The van der Waals surface area contributed by atoms with Crippen LogP contribution in [0.25, 0.3) is 0 Å². The van der Waals surface area contributed by atoms with Crippen molar-refractivity contribution in [1.29, 1.82) is 0 Å². The number of anilines is 1. The fraction of sp³-hybridized carbons (Fsp3) is 0.636. The van der Waals surface area contributed by atoms with Crippen LogP contribution in [-0.4, -0.2) is 55.7 Å². The second-order valence-electron chi connectivity index (χ2n) is 4.28. The number of hydrogen-bond donors (Lipinski definition) is 0. The molecular formula is C11H17N3O2S. The van der Waals surface area contributed by atoms with Gasteiger partial charge in [-0.2, -0.15) is 0 Å². The molecule has 1 aliphatic heterocycles. The van der Waals surface area contributed by atoms with Gasteiger partial charge in [0.1, 0.15) is 0 Å². The Balaban J connectivity index is 2.08. The maximum Gasteiger partial charge on any atom is 0.357 e. The molecule has 0 saturated carbocycles. The largest absolute Gasteiger partial charge is 0.464 e. The van der Waals surface area contributed by atoms with Crippen molar-refractivity contribution in [3.8, 4) is 0 Å². The number of piperazine rings is 1. The SMILES string of the molecule is COC(=O)c1csc(N2CCN(C)C(C)C2)n1. The predicted octanol–water partition coefficient (Wildman–Crippen LogP) is 1.07. The zero-order valence-corrected chi connectivity index (χ0v) is 11.2. The number of hydrogen-bond acceptors (Lipinski definition) is 6. The van der Waals surface area contributed by atoms with E-state index >= 15 is 0 Å². The number of aromatic nitrogens is 1. The third kappa shape index (κ3) is 2.58. The number of likely N-dealkylation sites (N-methyl/N-ethyl adjacent to an activating group) is 1. The number of esters is 1. The molecule has 0 radical (unpaired) electrons. The van der Waals surface area contributed by atoms with Gasteiger partial charge in [0, 0.05) is 31.1 Å². The molecule has 0 N–H and O–H groups in total. The van der Waals surface area contributed by atoms with E-state index in [1.54, 1.807) is 5.38 Å². The molecule has 0 amide bonds. The Bertz CT molecular complexity index is 407. The molecule has 6 heteroatoms. The molecule has 1 aromatic rings. The van der Waals surface area contributed by atoms with Crippen molar-refractivity contribution < 1.29 is 9.53 Å². The van der Waals surface area contributed by atoms with Gasteiger partial charge in [-0.05, 0) is 14.0 Å². The summed E-state index contributed by atoms with van der Waals surface area (Å²) < 4.78 is 4.65. The van der Waals surface area contributed by atoms with Crippen molar-refractivity contribution >= 4 is 22.4 Å². The summed E-state index contributed by atoms with van der Waals surface area (Å²) in [5.74, 6) is -0.366. The summed E-state index contributed by atoms with van der Waals surface area (Å²) in [6, 6.07) is 0.509. The first kappa shape index (κ1) is 12.3. The highest BCUT2D eigenvalue weighted by Crippen LogP contribution is 2.23. The first-order valence-corrected chi connectivity index (χ1v) is 6.49. The van der Waals surface area contributed by atoms with Crippen LogP contribution in [0.2, 0.25) is 0 Å². The van der Waals surface area contributed by atoms with Crippen LogP contribution in [0.1, 0.15) is 17.4 Å². The third-order valence-corrected chi connectivity index (χ3v) is 4.02. The highest BCUT2D eigenvalue weighted by Gasteiger charge is 2.23. The summed E-state index contributed by atoms with van der Waals surface area (Å²) in [7, 11) is 3.50. The molecule has 5 nitrogen and oxygen atoms in total. The van der Waals surface area contributed by atoms with Crippen LogP contribution in [-0.2, 0) is 4.74 Å². The maximum atomic E-state index is 11.3. The highest BCUT2D eigenvalue weighted by molar-refractivity contribution is 7.13. The van der Waals surface area contributed by atoms with E-state index < -0.39 is 0 Å². The lowest BCUT2D eigenvalue weighted by Crippen LogP contribution is -2.50. The standard InChI is InChI=1S/C11H17N3O2S/c1-8-6-14(5-4-13(8)2)11-12-9(7-17-11)10(15)16-3/h7-8H,4-6H2,1-3H3. The van der Waals surface area contributed by atoms with Gasteiger partial charge in [-0.3, -0.25) is 0 Å². The van der Waals surface area contributed by atoms with Gasteiger partial charge in [-0.1, -0.05) is 0 Å². The lowest BCUT2D eigenvalue weighted by atomic mass is 10.2. The summed E-state index contributed by atoms with van der Waals surface area (Å²) in [5, 5.41) is 2.66. The van der Waals surface area contributed by atoms with Crippen LogP contribution in [0.5, 0.6) is 0 Å². The van der Waals surface area contributed by atoms with Crippen molar-refractivity contribution in [2.24, 2.45) is 0 Å². The van der Waals surface area contributed by atoms with E-state index in [2.05, 4.69) is 33.5 Å². The fourth-order valence-electron chi connectivity index (χ4n) is 1.83. The monoisotopic (exact) mass is 255 g/mol. The third-order valence-electron chi connectivity index (χ3n) is 3.12. The minimum atomic E-state index is -0.366. The number of rotatable bonds is 2. The average Bonchev–Trinajstić information content (AvgIpc) is 2.81. The van der Waals surface area contributed by atoms with E-state index in [1.807, 2.05) is 0 Å². The molecule has 17 heavy (non-hydrogen) atoms. The number of methoxy groups -OCH3 is 1. The molecule has 1 fully saturated rings. The molecule has 1 aromatic heterocycles. The minimum absolute atomic E-state index is 0.366. The Morgan fingerprint density at radius 3 is 3.00 bits per heavy atom. The Morgan fingerprint density at radius 1 is 1.59 bits per heavy atom. The molecule has 1 saturated heterocycles. The Morgan fingerprint density at radius 2 is 2.35 bits per heavy atom. The molecule has 0 aromatic carbocycles. The number of ether oxygens (including phenoxy) is 1. The Labute approximate surface area is 105 Å². The van der Waals surface area contributed by atoms with Gasteiger partial charge < -0.3 is 14.5 Å². The zero-order chi connectivity index (χ0) is 12.4. The van der Waals surface area contributed by atoms with Gasteiger partial charge in [-0.15, -0.1) is 11.3 Å². The van der Waals surface area contributed by atoms with Crippen LogP contribution in [0, 0.1) is 0 Å². The Kier molecular flexibility index (Phi) is 3.63. The molecule has 0 bridgehead atoms. The predicted molar refractivity (Wildman–Crippen MR) is 67.8 cm³/mol. The van der Waals surface area contributed by atoms with Crippen LogP contribution in [0.4, 0.5) is 5.13 Å². The van der Waals surface area contributed by atoms with E-state index in [-0.39, 0.29) is 5.97 Å². The lowest BCUT2D eigenvalue weighted by molar-refractivity contribution is 0.0595. The van der Waals surface area contributed by atoms with E-state index in [1.165, 1.54) is 18.4 Å². The van der Waals surface area contributed by atoms with Gasteiger partial charge in [0.15, 0.2) is 10.8 Å². The molecule has 1 atom stereocenters. The first-order chi connectivity index (χ1) is 8.11. The summed E-state index contributed by atoms with van der Waals surface area (Å²) in [6.07, 6.45) is 0. The van der Waals surface area contributed by atoms with Crippen LogP contribution in [0.3, 0.4) is 0 Å². The molecule has 1 unspecified atom stereocenters. The number of thiazole rings is 1. The van der Waals surface area contributed by atoms with Gasteiger partial charge in [0.05, 0.1) is 7.11 Å². The minimum Gasteiger partial charge on any atom is -0.464 e. The average molecular weight is 255 g/mol. The van der Waals surface area contributed by atoms with Crippen molar-refractivity contribution in [2.45, 2.75) is 13.0 Å². The Hall–Kier alpha value is -1.14. The van der Waals surface area contributed by atoms with Crippen LogP contribution in [0.15, 0.2) is 5.38 Å². The summed E-state index contributed by atoms with van der Waals surface area (Å²) in [5.41, 5.74) is 0.402. The maximum absolute atomic E-state index is 11.3. The van der Waals surface area contributed by atoms with Gasteiger partial charge in [-0.25, -0.2) is 9.78 Å². The van der Waals surface area contributed by atoms with E-state index in [0.717, 1.165) is 24.8 Å². The smallest absolute Gasteiger partial charge is 0.357 e. The number of carbonyl (C=O) groups excluding carboxylic acids is 1. The molecule has 0 aliphatic carbocycles. The molecule has 1 aliphatic rings. The molecule has 94 valence electrons. The molecule has 2 heterocycles. The highest BCUT2D eigenvalue weighted by atomic mass is 32.1. The van der Waals surface area contributed by atoms with E-state index in [9.17, 15) is 4.79 Å². The normalized spacial score (nSPS) is 21.6. The lowest BCUT2D eigenvalue weighted by Gasteiger charge is -2.37. The fourth-order valence-corrected chi connectivity index (χ4v) is 2.66. The summed E-state index contributed by atoms with van der Waals surface area (Å²) in [4.78, 5) is 20.2.